The van der Waals surface area contributed by atoms with E-state index in [4.69, 9.17) is 23.2 Å². The Kier molecular flexibility index (Phi) is 6.24. The highest BCUT2D eigenvalue weighted by Gasteiger charge is 2.20. The van der Waals surface area contributed by atoms with Gasteiger partial charge in [0.2, 0.25) is 5.95 Å². The molecule has 1 aromatic carbocycles. The fourth-order valence-corrected chi connectivity index (χ4v) is 5.18. The van der Waals surface area contributed by atoms with Crippen molar-refractivity contribution in [3.8, 4) is 0 Å². The van der Waals surface area contributed by atoms with Crippen molar-refractivity contribution in [1.29, 1.82) is 0 Å². The molecule has 6 nitrogen and oxygen atoms in total. The van der Waals surface area contributed by atoms with Gasteiger partial charge in [-0.05, 0) is 38.0 Å². The Morgan fingerprint density at radius 3 is 2.69 bits per heavy atom. The number of carbonyl (C=O) groups is 1. The van der Waals surface area contributed by atoms with Crippen molar-refractivity contribution in [3.05, 3.63) is 51.2 Å². The van der Waals surface area contributed by atoms with Crippen LogP contribution in [-0.2, 0) is 0 Å². The van der Waals surface area contributed by atoms with E-state index in [-0.39, 0.29) is 10.7 Å². The fraction of sp³-hybridized carbons (Fsp3) is 0.263. The van der Waals surface area contributed by atoms with Crippen LogP contribution in [0.15, 0.2) is 39.0 Å². The molecular weight excluding hydrogens is 449 g/mol. The van der Waals surface area contributed by atoms with Gasteiger partial charge >= 0.3 is 0 Å². The minimum absolute atomic E-state index is 0.149. The molecule has 0 bridgehead atoms. The molecule has 0 spiro atoms. The summed E-state index contributed by atoms with van der Waals surface area (Å²) in [6.07, 6.45) is 3.66. The van der Waals surface area contributed by atoms with Gasteiger partial charge in [0.05, 0.1) is 16.2 Å². The summed E-state index contributed by atoms with van der Waals surface area (Å²) in [4.78, 5) is 28.7. The number of nitrogens with zero attached hydrogens (tertiary/aromatic N) is 4. The van der Waals surface area contributed by atoms with E-state index in [0.29, 0.717) is 16.7 Å². The lowest BCUT2D eigenvalue weighted by Gasteiger charge is -2.16. The topological polar surface area (TPSA) is 71.0 Å². The number of anilines is 2. The third-order valence-corrected chi connectivity index (χ3v) is 7.15. The number of aryl methyl sites for hydroxylation is 1. The van der Waals surface area contributed by atoms with E-state index >= 15 is 0 Å². The number of hydrogen-bond acceptors (Lipinski definition) is 7. The predicted molar refractivity (Wildman–Crippen MR) is 119 cm³/mol. The molecule has 3 aromatic rings. The Balaban J connectivity index is 1.49. The lowest BCUT2D eigenvalue weighted by Crippen LogP contribution is -2.23. The third-order valence-electron chi connectivity index (χ3n) is 4.32. The van der Waals surface area contributed by atoms with Crippen LogP contribution in [0, 0.1) is 6.92 Å². The van der Waals surface area contributed by atoms with Gasteiger partial charge < -0.3 is 10.2 Å². The molecule has 0 atom stereocenters. The number of rotatable bonds is 5. The summed E-state index contributed by atoms with van der Waals surface area (Å²) in [5.74, 6) is 0.130. The van der Waals surface area contributed by atoms with E-state index < -0.39 is 5.91 Å². The van der Waals surface area contributed by atoms with Gasteiger partial charge in [0, 0.05) is 34.7 Å². The molecule has 150 valence electrons. The average Bonchev–Trinajstić information content (AvgIpc) is 3.36. The van der Waals surface area contributed by atoms with E-state index in [0.717, 1.165) is 40.9 Å². The van der Waals surface area contributed by atoms with E-state index in [9.17, 15) is 4.79 Å². The lowest BCUT2D eigenvalue weighted by molar-refractivity contribution is 0.102. The number of aromatic nitrogens is 3. The highest BCUT2D eigenvalue weighted by molar-refractivity contribution is 8.01. The average molecular weight is 466 g/mol. The third kappa shape index (κ3) is 4.83. The second kappa shape index (κ2) is 8.87. The van der Waals surface area contributed by atoms with Gasteiger partial charge in [-0.25, -0.2) is 15.0 Å². The summed E-state index contributed by atoms with van der Waals surface area (Å²) in [6, 6.07) is 5.36. The molecule has 29 heavy (non-hydrogen) atoms. The Labute approximate surface area is 186 Å². The molecule has 0 saturated carbocycles. The first-order chi connectivity index (χ1) is 14.0. The number of nitrogens with one attached hydrogen (secondary N) is 1. The Morgan fingerprint density at radius 2 is 2.00 bits per heavy atom. The number of hydrogen-bond donors (Lipinski definition) is 1. The Hall–Kier alpha value is -1.87. The van der Waals surface area contributed by atoms with Gasteiger partial charge in [0.15, 0.2) is 10.0 Å². The van der Waals surface area contributed by atoms with Crippen LogP contribution < -0.4 is 10.2 Å². The van der Waals surface area contributed by atoms with Crippen molar-refractivity contribution in [3.63, 3.8) is 0 Å². The normalized spacial score (nSPS) is 13.7. The van der Waals surface area contributed by atoms with Crippen LogP contribution in [0.4, 0.5) is 11.6 Å². The van der Waals surface area contributed by atoms with Crippen LogP contribution in [0.2, 0.25) is 10.0 Å². The molecule has 0 radical (unpaired) electrons. The number of halogens is 2. The summed E-state index contributed by atoms with van der Waals surface area (Å²) in [7, 11) is 0. The minimum Gasteiger partial charge on any atom is -0.341 e. The second-order valence-corrected chi connectivity index (χ2v) is 9.48. The summed E-state index contributed by atoms with van der Waals surface area (Å²) in [5, 5.41) is 5.55. The molecule has 3 heterocycles. The molecule has 4 rings (SSSR count). The van der Waals surface area contributed by atoms with E-state index in [2.05, 4.69) is 25.2 Å². The van der Waals surface area contributed by atoms with Gasteiger partial charge in [-0.3, -0.25) is 4.79 Å². The molecule has 0 aliphatic carbocycles. The highest BCUT2D eigenvalue weighted by atomic mass is 35.5. The zero-order chi connectivity index (χ0) is 20.4. The predicted octanol–water partition coefficient (Wildman–Crippen LogP) is 5.55. The minimum atomic E-state index is -0.398. The molecular formula is C19H17Cl2N5OS2. The standard InChI is InChI=1S/C19H17Cl2N5OS2/c1-11-10-28-19(23-11)29-15-5-4-12(8-13(15)20)24-17(27)16-14(21)9-22-18(25-16)26-6-2-3-7-26/h4-5,8-10H,2-3,6-7H2,1H3,(H,24,27). The lowest BCUT2D eigenvalue weighted by atomic mass is 10.3. The van der Waals surface area contributed by atoms with Gasteiger partial charge in [-0.15, -0.1) is 11.3 Å². The first-order valence-electron chi connectivity index (χ1n) is 8.98. The fourth-order valence-electron chi connectivity index (χ4n) is 2.91. The number of benzene rings is 1. The van der Waals surface area contributed by atoms with Gasteiger partial charge in [0.1, 0.15) is 0 Å². The first-order valence-corrected chi connectivity index (χ1v) is 11.4. The summed E-state index contributed by atoms with van der Waals surface area (Å²) < 4.78 is 0.920. The van der Waals surface area contributed by atoms with Crippen LogP contribution in [0.3, 0.4) is 0 Å². The van der Waals surface area contributed by atoms with Crippen LogP contribution in [0.25, 0.3) is 0 Å². The van der Waals surface area contributed by atoms with Crippen molar-refractivity contribution in [2.45, 2.75) is 29.0 Å². The SMILES string of the molecule is Cc1csc(Sc2ccc(NC(=O)c3nc(N4CCCC4)ncc3Cl)cc2Cl)n1. The monoisotopic (exact) mass is 465 g/mol. The zero-order valence-corrected chi connectivity index (χ0v) is 18.6. The maximum Gasteiger partial charge on any atom is 0.276 e. The van der Waals surface area contributed by atoms with Crippen LogP contribution in [0.1, 0.15) is 29.0 Å². The van der Waals surface area contributed by atoms with Gasteiger partial charge in [-0.2, -0.15) is 0 Å². The molecule has 1 fully saturated rings. The smallest absolute Gasteiger partial charge is 0.276 e. The van der Waals surface area contributed by atoms with Crippen molar-refractivity contribution < 1.29 is 4.79 Å². The van der Waals surface area contributed by atoms with Gasteiger partial charge in [-0.1, -0.05) is 35.0 Å². The number of thiazole rings is 1. The number of carbonyl (C=O) groups excluding carboxylic acids is 1. The van der Waals surface area contributed by atoms with Crippen molar-refractivity contribution in [1.82, 2.24) is 15.0 Å². The van der Waals surface area contributed by atoms with Gasteiger partial charge in [0.25, 0.3) is 5.91 Å². The van der Waals surface area contributed by atoms with E-state index in [1.54, 1.807) is 23.5 Å². The summed E-state index contributed by atoms with van der Waals surface area (Å²) in [6.45, 7) is 3.72. The number of amides is 1. The molecule has 0 unspecified atom stereocenters. The second-order valence-electron chi connectivity index (χ2n) is 6.52. The van der Waals surface area contributed by atoms with E-state index in [1.165, 1.54) is 18.0 Å². The molecule has 1 aliphatic rings. The molecule has 1 amide bonds. The Bertz CT molecular complexity index is 1050. The van der Waals surface area contributed by atoms with Crippen LogP contribution in [0.5, 0.6) is 0 Å². The van der Waals surface area contributed by atoms with Crippen molar-refractivity contribution in [2.24, 2.45) is 0 Å². The van der Waals surface area contributed by atoms with E-state index in [1.807, 2.05) is 18.4 Å². The van der Waals surface area contributed by atoms with Crippen molar-refractivity contribution in [2.75, 3.05) is 23.3 Å². The van der Waals surface area contributed by atoms with Crippen LogP contribution >= 0.6 is 46.3 Å². The van der Waals surface area contributed by atoms with Crippen molar-refractivity contribution >= 4 is 63.8 Å². The molecule has 1 saturated heterocycles. The first kappa shape index (κ1) is 20.4. The summed E-state index contributed by atoms with van der Waals surface area (Å²) in [5.41, 5.74) is 1.70. The zero-order valence-electron chi connectivity index (χ0n) is 15.5. The molecule has 1 N–H and O–H groups in total. The maximum absolute atomic E-state index is 12.7. The largest absolute Gasteiger partial charge is 0.341 e. The highest BCUT2D eigenvalue weighted by Crippen LogP contribution is 2.36. The molecule has 10 heteroatoms. The quantitative estimate of drug-likeness (QED) is 0.532. The molecule has 2 aromatic heterocycles. The maximum atomic E-state index is 12.7. The summed E-state index contributed by atoms with van der Waals surface area (Å²) >= 11 is 15.6. The molecule has 1 aliphatic heterocycles. The Morgan fingerprint density at radius 1 is 1.21 bits per heavy atom. The van der Waals surface area contributed by atoms with Crippen LogP contribution in [-0.4, -0.2) is 33.9 Å².